The Bertz CT molecular complexity index is 237. The zero-order valence-corrected chi connectivity index (χ0v) is 11.6. The molecule has 1 aromatic rings. The normalized spacial score (nSPS) is 9.09. The van der Waals surface area contributed by atoms with Gasteiger partial charge in [0.25, 0.3) is 0 Å². The van der Waals surface area contributed by atoms with Crippen LogP contribution in [0.1, 0.15) is 0 Å². The summed E-state index contributed by atoms with van der Waals surface area (Å²) in [5.74, 6) is 0. The van der Waals surface area contributed by atoms with Gasteiger partial charge in [0, 0.05) is 24.4 Å². The van der Waals surface area contributed by atoms with Crippen LogP contribution in [0.5, 0.6) is 0 Å². The summed E-state index contributed by atoms with van der Waals surface area (Å²) in [5, 5.41) is 1.21. The van der Waals surface area contributed by atoms with E-state index in [9.17, 15) is 0 Å². The van der Waals surface area contributed by atoms with Gasteiger partial charge in [0.05, 0.1) is 15.1 Å². The first kappa shape index (κ1) is 12.1. The quantitative estimate of drug-likeness (QED) is 0.415. The zero-order valence-electron chi connectivity index (χ0n) is 5.44. The van der Waals surface area contributed by atoms with Gasteiger partial charge in [-0.2, -0.15) is 0 Å². The van der Waals surface area contributed by atoms with Crippen molar-refractivity contribution in [3.63, 3.8) is 0 Å². The Hall–Kier alpha value is 1.06. The van der Waals surface area contributed by atoms with Gasteiger partial charge < -0.3 is 0 Å². The Morgan fingerprint density at radius 3 is 2.00 bits per heavy atom. The van der Waals surface area contributed by atoms with Crippen LogP contribution in [-0.2, 0) is 19.5 Å². The summed E-state index contributed by atoms with van der Waals surface area (Å²) in [6, 6.07) is 3.34. The van der Waals surface area contributed by atoms with Gasteiger partial charge >= 0.3 is 0 Å². The van der Waals surface area contributed by atoms with E-state index in [0.717, 1.165) is 0 Å². The molecule has 1 aromatic carbocycles. The van der Waals surface area contributed by atoms with Crippen molar-refractivity contribution in [3.05, 3.63) is 27.2 Å². The first-order valence-electron chi connectivity index (χ1n) is 2.45. The van der Waals surface area contributed by atoms with E-state index in [1.165, 1.54) is 0 Å². The van der Waals surface area contributed by atoms with E-state index < -0.39 is 0 Å². The molecule has 0 heterocycles. The van der Waals surface area contributed by atoms with Crippen molar-refractivity contribution in [1.82, 2.24) is 0 Å². The number of rotatable bonds is 0. The second-order valence-corrected chi connectivity index (χ2v) is 3.34. The van der Waals surface area contributed by atoms with Crippen LogP contribution in [0.3, 0.4) is 0 Å². The van der Waals surface area contributed by atoms with Crippen LogP contribution < -0.4 is 0 Å². The van der Waals surface area contributed by atoms with Crippen molar-refractivity contribution in [2.45, 2.75) is 4.90 Å². The fourth-order valence-electron chi connectivity index (χ4n) is 0.516. The van der Waals surface area contributed by atoms with Crippen LogP contribution in [0.25, 0.3) is 0 Å². The Balaban J connectivity index is 0.000001000. The second kappa shape index (κ2) is 4.94. The van der Waals surface area contributed by atoms with Crippen molar-refractivity contribution in [2.24, 2.45) is 0 Å². The average molecular weight is 279 g/mol. The van der Waals surface area contributed by atoms with Crippen molar-refractivity contribution in [1.29, 1.82) is 0 Å². The fraction of sp³-hybridized carbons (Fsp3) is 0. The van der Waals surface area contributed by atoms with Gasteiger partial charge in [-0.15, -0.1) is 12.6 Å². The third-order valence-electron chi connectivity index (χ3n) is 1.01. The van der Waals surface area contributed by atoms with Crippen LogP contribution in [-0.4, -0.2) is 0 Å². The minimum atomic E-state index is 0. The van der Waals surface area contributed by atoms with Gasteiger partial charge in [-0.1, -0.05) is 34.8 Å². The topological polar surface area (TPSA) is 0 Å². The molecule has 0 atom stereocenters. The standard InChI is InChI=1S/C6H3Cl3S.Zn/c7-3-1-2-4(10)6(9)5(3)8;/h1-2,10H;. The van der Waals surface area contributed by atoms with E-state index in [1.54, 1.807) is 12.1 Å². The monoisotopic (exact) mass is 276 g/mol. The summed E-state index contributed by atoms with van der Waals surface area (Å²) < 4.78 is 0. The van der Waals surface area contributed by atoms with Crippen LogP contribution in [0.4, 0.5) is 0 Å². The molecule has 0 saturated heterocycles. The summed E-state index contributed by atoms with van der Waals surface area (Å²) in [6.45, 7) is 0. The van der Waals surface area contributed by atoms with Gasteiger partial charge in [0.2, 0.25) is 0 Å². The van der Waals surface area contributed by atoms with E-state index in [4.69, 9.17) is 34.8 Å². The van der Waals surface area contributed by atoms with E-state index in [0.29, 0.717) is 20.0 Å². The third-order valence-corrected chi connectivity index (χ3v) is 2.81. The van der Waals surface area contributed by atoms with E-state index in [2.05, 4.69) is 12.6 Å². The Morgan fingerprint density at radius 1 is 1.00 bits per heavy atom. The molecule has 0 aliphatic rings. The van der Waals surface area contributed by atoms with Crippen LogP contribution in [0, 0.1) is 0 Å². The molecule has 0 fully saturated rings. The van der Waals surface area contributed by atoms with Crippen LogP contribution >= 0.6 is 47.4 Å². The molecule has 0 amide bonds. The molecule has 0 aliphatic heterocycles. The number of hydrogen-bond acceptors (Lipinski definition) is 1. The van der Waals surface area contributed by atoms with Crippen LogP contribution in [0.15, 0.2) is 17.0 Å². The largest absolute Gasteiger partial charge is 0.142 e. The van der Waals surface area contributed by atoms with E-state index >= 15 is 0 Å². The maximum Gasteiger partial charge on any atom is 0.0789 e. The van der Waals surface area contributed by atoms with Crippen molar-refractivity contribution in [2.75, 3.05) is 0 Å². The molecule has 0 aromatic heterocycles. The number of hydrogen-bond donors (Lipinski definition) is 1. The molecule has 5 heteroatoms. The number of benzene rings is 1. The maximum absolute atomic E-state index is 5.69. The molecule has 0 aliphatic carbocycles. The smallest absolute Gasteiger partial charge is 0.0789 e. The summed E-state index contributed by atoms with van der Waals surface area (Å²) in [7, 11) is 0. The minimum Gasteiger partial charge on any atom is -0.142 e. The predicted molar refractivity (Wildman–Crippen MR) is 48.7 cm³/mol. The average Bonchev–Trinajstić information content (AvgIpc) is 1.93. The SMILES string of the molecule is Sc1ccc(Cl)c(Cl)c1Cl.[Zn]. The van der Waals surface area contributed by atoms with Gasteiger partial charge in [-0.05, 0) is 12.1 Å². The fourth-order valence-corrected chi connectivity index (χ4v) is 1.30. The molecule has 11 heavy (non-hydrogen) atoms. The summed E-state index contributed by atoms with van der Waals surface area (Å²) >= 11 is 21.0. The predicted octanol–water partition coefficient (Wildman–Crippen LogP) is 3.93. The molecule has 0 nitrogen and oxygen atoms in total. The molecule has 0 N–H and O–H groups in total. The molecule has 0 saturated carbocycles. The molecule has 1 rings (SSSR count). The number of halogens is 3. The summed E-state index contributed by atoms with van der Waals surface area (Å²) in [6.07, 6.45) is 0. The first-order chi connectivity index (χ1) is 4.63. The van der Waals surface area contributed by atoms with Gasteiger partial charge in [-0.25, -0.2) is 0 Å². The van der Waals surface area contributed by atoms with Crippen molar-refractivity contribution >= 4 is 47.4 Å². The Kier molecular flexibility index (Phi) is 5.42. The van der Waals surface area contributed by atoms with Gasteiger partial charge in [-0.3, -0.25) is 0 Å². The Morgan fingerprint density at radius 2 is 1.55 bits per heavy atom. The van der Waals surface area contributed by atoms with Crippen LogP contribution in [0.2, 0.25) is 15.1 Å². The van der Waals surface area contributed by atoms with E-state index in [-0.39, 0.29) is 19.5 Å². The minimum absolute atomic E-state index is 0. The van der Waals surface area contributed by atoms with Crippen molar-refractivity contribution in [3.8, 4) is 0 Å². The summed E-state index contributed by atoms with van der Waals surface area (Å²) in [4.78, 5) is 0.635. The molecule has 0 radical (unpaired) electrons. The molecule has 0 bridgehead atoms. The first-order valence-corrected chi connectivity index (χ1v) is 4.03. The second-order valence-electron chi connectivity index (χ2n) is 1.69. The Labute approximate surface area is 98.4 Å². The molecular weight excluding hydrogens is 276 g/mol. The molecule has 56 valence electrons. The third kappa shape index (κ3) is 2.79. The maximum atomic E-state index is 5.69. The number of thiol groups is 1. The van der Waals surface area contributed by atoms with E-state index in [1.807, 2.05) is 0 Å². The molecule has 0 unspecified atom stereocenters. The zero-order chi connectivity index (χ0) is 7.72. The molecule has 0 spiro atoms. The van der Waals surface area contributed by atoms with Gasteiger partial charge in [0.15, 0.2) is 0 Å². The summed E-state index contributed by atoms with van der Waals surface area (Å²) in [5.41, 5.74) is 0. The molecular formula is C6H3Cl3SZn. The van der Waals surface area contributed by atoms with Crippen molar-refractivity contribution < 1.29 is 19.5 Å². The van der Waals surface area contributed by atoms with Gasteiger partial charge in [0.1, 0.15) is 0 Å².